The number of nitrogens with two attached hydrogens (primary N) is 1. The van der Waals surface area contributed by atoms with Gasteiger partial charge in [-0.1, -0.05) is 60.7 Å². The monoisotopic (exact) mass is 447 g/mol. The number of carbonyl (C=O) groups excluding carboxylic acids is 1. The van der Waals surface area contributed by atoms with Gasteiger partial charge in [0.15, 0.2) is 5.69 Å². The number of nitrogen functional groups attached to an aromatic ring is 1. The summed E-state index contributed by atoms with van der Waals surface area (Å²) in [6.07, 6.45) is 0.604. The van der Waals surface area contributed by atoms with Gasteiger partial charge in [-0.2, -0.15) is 0 Å². The fourth-order valence-corrected chi connectivity index (χ4v) is 4.16. The Morgan fingerprint density at radius 3 is 2.34 bits per heavy atom. The highest BCUT2D eigenvalue weighted by Crippen LogP contribution is 2.21. The van der Waals surface area contributed by atoms with Gasteiger partial charge in [0.05, 0.1) is 11.6 Å². The maximum absolute atomic E-state index is 13.0. The van der Waals surface area contributed by atoms with Crippen LogP contribution in [-0.2, 0) is 13.0 Å². The molecule has 2 heterocycles. The molecule has 0 saturated carbocycles. The van der Waals surface area contributed by atoms with E-state index >= 15 is 0 Å². The normalized spacial score (nSPS) is 10.8. The van der Waals surface area contributed by atoms with Crippen LogP contribution >= 0.6 is 11.3 Å². The molecule has 0 fully saturated rings. The summed E-state index contributed by atoms with van der Waals surface area (Å²) in [5.41, 5.74) is 6.85. The summed E-state index contributed by atoms with van der Waals surface area (Å²) in [6.45, 7) is 0.162. The number of carbonyl (C=O) groups is 1. The Kier molecular flexibility index (Phi) is 6.00. The molecule has 3 N–H and O–H groups in total. The number of anilines is 2. The zero-order chi connectivity index (χ0) is 22.7. The first-order chi connectivity index (χ1) is 15.4. The van der Waals surface area contributed by atoms with E-state index < -0.39 is 17.2 Å². The Labute approximate surface area is 187 Å². The zero-order valence-corrected chi connectivity index (χ0v) is 18.1. The van der Waals surface area contributed by atoms with Crippen LogP contribution in [0.1, 0.15) is 26.6 Å². The topological polar surface area (TPSA) is 114 Å². The first-order valence-corrected chi connectivity index (χ1v) is 10.7. The molecule has 1 amide bonds. The molecule has 0 saturated heterocycles. The van der Waals surface area contributed by atoms with Crippen LogP contribution in [0.3, 0.4) is 0 Å². The van der Waals surface area contributed by atoms with Gasteiger partial charge in [-0.05, 0) is 11.1 Å². The maximum atomic E-state index is 13.0. The van der Waals surface area contributed by atoms with Gasteiger partial charge in [-0.25, -0.2) is 9.78 Å². The molecule has 4 rings (SSSR count). The predicted molar refractivity (Wildman–Crippen MR) is 125 cm³/mol. The number of aromatic nitrogens is 3. The molecular formula is C23H21N5O3S. The summed E-state index contributed by atoms with van der Waals surface area (Å²) in [5, 5.41) is 2.44. The van der Waals surface area contributed by atoms with Gasteiger partial charge in [0, 0.05) is 18.8 Å². The van der Waals surface area contributed by atoms with Crippen molar-refractivity contribution < 1.29 is 4.79 Å². The van der Waals surface area contributed by atoms with E-state index in [4.69, 9.17) is 5.73 Å². The number of aromatic amines is 1. The molecule has 2 aromatic carbocycles. The molecule has 2 aromatic heterocycles. The summed E-state index contributed by atoms with van der Waals surface area (Å²) in [4.78, 5) is 45.8. The maximum Gasteiger partial charge on any atom is 0.330 e. The molecule has 9 heteroatoms. The zero-order valence-electron chi connectivity index (χ0n) is 17.3. The van der Waals surface area contributed by atoms with Crippen molar-refractivity contribution in [3.63, 3.8) is 0 Å². The van der Waals surface area contributed by atoms with Crippen molar-refractivity contribution in [2.24, 2.45) is 0 Å². The number of benzene rings is 2. The molecule has 0 radical (unpaired) electrons. The van der Waals surface area contributed by atoms with Gasteiger partial charge in [-0.3, -0.25) is 19.1 Å². The molecule has 0 aliphatic heterocycles. The fourth-order valence-electron chi connectivity index (χ4n) is 3.36. The number of nitrogens with zero attached hydrogens (tertiary/aromatic N) is 3. The Hall–Kier alpha value is -3.98. The average molecular weight is 448 g/mol. The van der Waals surface area contributed by atoms with Crippen molar-refractivity contribution >= 4 is 28.7 Å². The lowest BCUT2D eigenvalue weighted by Crippen LogP contribution is -2.39. The minimum Gasteiger partial charge on any atom is -0.383 e. The van der Waals surface area contributed by atoms with Crippen molar-refractivity contribution in [2.75, 3.05) is 17.7 Å². The van der Waals surface area contributed by atoms with Gasteiger partial charge < -0.3 is 10.6 Å². The molecule has 4 aromatic rings. The van der Waals surface area contributed by atoms with Crippen LogP contribution in [0.25, 0.3) is 0 Å². The van der Waals surface area contributed by atoms with Crippen molar-refractivity contribution in [3.8, 4) is 0 Å². The lowest BCUT2D eigenvalue weighted by atomic mass is 10.2. The quantitative estimate of drug-likeness (QED) is 0.471. The number of amides is 1. The van der Waals surface area contributed by atoms with Crippen molar-refractivity contribution in [3.05, 3.63) is 109 Å². The molecule has 0 unspecified atom stereocenters. The second-order valence-electron chi connectivity index (χ2n) is 7.22. The third-order valence-electron chi connectivity index (χ3n) is 5.01. The first kappa shape index (κ1) is 21.3. The molecule has 0 bridgehead atoms. The molecule has 0 atom stereocenters. The molecule has 0 spiro atoms. The van der Waals surface area contributed by atoms with Crippen LogP contribution in [0.2, 0.25) is 0 Å². The molecule has 32 heavy (non-hydrogen) atoms. The standard InChI is InChI=1S/C23H21N5O3S/c1-27(22(30)17-14-32-18(25-17)12-15-8-4-2-5-9-15)19-20(24)28(23(31)26-21(19)29)13-16-10-6-3-7-11-16/h2-11,14H,12-13,24H2,1H3,(H,26,29,31). The summed E-state index contributed by atoms with van der Waals surface area (Å²) in [7, 11) is 1.44. The highest BCUT2D eigenvalue weighted by Gasteiger charge is 2.24. The van der Waals surface area contributed by atoms with Gasteiger partial charge in [0.2, 0.25) is 0 Å². The van der Waals surface area contributed by atoms with E-state index in [9.17, 15) is 14.4 Å². The van der Waals surface area contributed by atoms with Gasteiger partial charge in [-0.15, -0.1) is 11.3 Å². The van der Waals surface area contributed by atoms with Crippen LogP contribution in [0.15, 0.2) is 75.6 Å². The van der Waals surface area contributed by atoms with Crippen LogP contribution in [0, 0.1) is 0 Å². The fraction of sp³-hybridized carbons (Fsp3) is 0.130. The van der Waals surface area contributed by atoms with E-state index in [1.54, 1.807) is 5.38 Å². The Balaban J connectivity index is 1.62. The molecular weight excluding hydrogens is 426 g/mol. The van der Waals surface area contributed by atoms with E-state index in [2.05, 4.69) is 9.97 Å². The minimum absolute atomic E-state index is 0.0850. The van der Waals surface area contributed by atoms with Crippen LogP contribution in [0.4, 0.5) is 11.5 Å². The first-order valence-electron chi connectivity index (χ1n) is 9.87. The van der Waals surface area contributed by atoms with Crippen molar-refractivity contribution in [1.82, 2.24) is 14.5 Å². The Bertz CT molecular complexity index is 1360. The highest BCUT2D eigenvalue weighted by molar-refractivity contribution is 7.09. The lowest BCUT2D eigenvalue weighted by Gasteiger charge is -2.19. The summed E-state index contributed by atoms with van der Waals surface area (Å²) in [5.74, 6) is -0.569. The number of hydrogen-bond acceptors (Lipinski definition) is 6. The molecule has 0 aliphatic rings. The Morgan fingerprint density at radius 1 is 1.06 bits per heavy atom. The van der Waals surface area contributed by atoms with E-state index in [1.165, 1.54) is 23.0 Å². The molecule has 0 aliphatic carbocycles. The number of hydrogen-bond donors (Lipinski definition) is 2. The second-order valence-corrected chi connectivity index (χ2v) is 8.16. The van der Waals surface area contributed by atoms with E-state index in [0.29, 0.717) is 6.42 Å². The SMILES string of the molecule is CN(C(=O)c1csc(Cc2ccccc2)n1)c1c(N)n(Cc2ccccc2)c(=O)[nH]c1=O. The second kappa shape index (κ2) is 9.03. The van der Waals surface area contributed by atoms with Gasteiger partial charge in [0.25, 0.3) is 11.5 Å². The van der Waals surface area contributed by atoms with E-state index in [-0.39, 0.29) is 23.7 Å². The number of H-pyrrole nitrogens is 1. The van der Waals surface area contributed by atoms with E-state index in [1.807, 2.05) is 60.7 Å². The summed E-state index contributed by atoms with van der Waals surface area (Å²) < 4.78 is 1.23. The number of nitrogens with one attached hydrogen (secondary N) is 1. The minimum atomic E-state index is -0.729. The van der Waals surface area contributed by atoms with Crippen LogP contribution < -0.4 is 21.9 Å². The van der Waals surface area contributed by atoms with Crippen LogP contribution in [-0.4, -0.2) is 27.5 Å². The van der Waals surface area contributed by atoms with E-state index in [0.717, 1.165) is 21.0 Å². The summed E-state index contributed by atoms with van der Waals surface area (Å²) >= 11 is 1.37. The molecule has 162 valence electrons. The average Bonchev–Trinajstić information content (AvgIpc) is 3.25. The Morgan fingerprint density at radius 2 is 1.69 bits per heavy atom. The highest BCUT2D eigenvalue weighted by atomic mass is 32.1. The number of rotatable bonds is 6. The van der Waals surface area contributed by atoms with Gasteiger partial charge >= 0.3 is 5.69 Å². The van der Waals surface area contributed by atoms with Gasteiger partial charge in [0.1, 0.15) is 11.5 Å². The third kappa shape index (κ3) is 4.37. The predicted octanol–water partition coefficient (Wildman–Crippen LogP) is 2.49. The largest absolute Gasteiger partial charge is 0.383 e. The number of thiazole rings is 1. The van der Waals surface area contributed by atoms with Crippen molar-refractivity contribution in [1.29, 1.82) is 0 Å². The third-order valence-corrected chi connectivity index (χ3v) is 5.86. The smallest absolute Gasteiger partial charge is 0.330 e. The lowest BCUT2D eigenvalue weighted by molar-refractivity contribution is 0.0988. The van der Waals surface area contributed by atoms with Crippen molar-refractivity contribution in [2.45, 2.75) is 13.0 Å². The van der Waals surface area contributed by atoms with Crippen LogP contribution in [0.5, 0.6) is 0 Å². The summed E-state index contributed by atoms with van der Waals surface area (Å²) in [6, 6.07) is 19.0. The molecule has 8 nitrogen and oxygen atoms in total.